The number of rotatable bonds is 4. The highest BCUT2D eigenvalue weighted by atomic mass is 16.4. The molecular weight excluding hydrogens is 246 g/mol. The first-order valence-corrected chi connectivity index (χ1v) is 4.76. The molecular formula is C10H11NO7. The third-order valence-electron chi connectivity index (χ3n) is 2.12. The molecule has 1 aromatic rings. The number of aromatic hydroxyl groups is 3. The van der Waals surface area contributed by atoms with Gasteiger partial charge in [0.05, 0.1) is 6.61 Å². The number of benzene rings is 1. The molecule has 6 N–H and O–H groups in total. The topological polar surface area (TPSA) is 147 Å². The van der Waals surface area contributed by atoms with E-state index in [2.05, 4.69) is 0 Å². The predicted octanol–water partition coefficient (Wildman–Crippen LogP) is -1.02. The van der Waals surface area contributed by atoms with Gasteiger partial charge in [-0.05, 0) is 12.1 Å². The number of amides is 1. The first kappa shape index (κ1) is 13.6. The molecule has 0 saturated carbocycles. The summed E-state index contributed by atoms with van der Waals surface area (Å²) >= 11 is 0. The molecule has 0 radical (unpaired) electrons. The highest BCUT2D eigenvalue weighted by Gasteiger charge is 2.21. The third kappa shape index (κ3) is 2.80. The van der Waals surface area contributed by atoms with Crippen LogP contribution < -0.4 is 5.32 Å². The molecule has 1 rings (SSSR count). The van der Waals surface area contributed by atoms with Crippen molar-refractivity contribution in [2.24, 2.45) is 0 Å². The molecule has 1 aromatic carbocycles. The summed E-state index contributed by atoms with van der Waals surface area (Å²) < 4.78 is 0. The van der Waals surface area contributed by atoms with Crippen molar-refractivity contribution in [3.05, 3.63) is 17.7 Å². The Morgan fingerprint density at radius 2 is 1.67 bits per heavy atom. The minimum absolute atomic E-state index is 0.262. The Hall–Kier alpha value is -2.48. The first-order valence-electron chi connectivity index (χ1n) is 4.76. The average Bonchev–Trinajstić information content (AvgIpc) is 2.31. The van der Waals surface area contributed by atoms with Crippen LogP contribution in [-0.2, 0) is 4.79 Å². The molecule has 0 heterocycles. The van der Waals surface area contributed by atoms with Crippen molar-refractivity contribution >= 4 is 11.9 Å². The molecule has 8 nitrogen and oxygen atoms in total. The number of carboxylic acids is 1. The number of nitrogens with one attached hydrogen (secondary N) is 1. The van der Waals surface area contributed by atoms with Crippen LogP contribution in [0.15, 0.2) is 12.1 Å². The van der Waals surface area contributed by atoms with Crippen LogP contribution in [0.1, 0.15) is 10.4 Å². The van der Waals surface area contributed by atoms with Crippen molar-refractivity contribution in [2.75, 3.05) is 6.61 Å². The molecule has 8 heteroatoms. The fourth-order valence-electron chi connectivity index (χ4n) is 1.16. The molecule has 0 aliphatic carbocycles. The molecule has 0 saturated heterocycles. The maximum Gasteiger partial charge on any atom is 0.328 e. The second-order valence-corrected chi connectivity index (χ2v) is 3.41. The van der Waals surface area contributed by atoms with Crippen molar-refractivity contribution in [1.82, 2.24) is 5.32 Å². The van der Waals surface area contributed by atoms with E-state index in [4.69, 9.17) is 15.3 Å². The van der Waals surface area contributed by atoms with Gasteiger partial charge in [0.25, 0.3) is 5.91 Å². The van der Waals surface area contributed by atoms with Gasteiger partial charge >= 0.3 is 5.97 Å². The average molecular weight is 257 g/mol. The van der Waals surface area contributed by atoms with E-state index in [0.717, 1.165) is 12.1 Å². The minimum Gasteiger partial charge on any atom is -0.504 e. The minimum atomic E-state index is -1.50. The van der Waals surface area contributed by atoms with E-state index in [1.165, 1.54) is 0 Å². The largest absolute Gasteiger partial charge is 0.504 e. The lowest BCUT2D eigenvalue weighted by Crippen LogP contribution is -2.43. The number of aliphatic hydroxyl groups is 1. The number of phenols is 3. The Kier molecular flexibility index (Phi) is 3.95. The smallest absolute Gasteiger partial charge is 0.328 e. The summed E-state index contributed by atoms with van der Waals surface area (Å²) in [4.78, 5) is 22.1. The lowest BCUT2D eigenvalue weighted by atomic mass is 10.1. The Morgan fingerprint density at radius 1 is 1.17 bits per heavy atom. The molecule has 0 fully saturated rings. The van der Waals surface area contributed by atoms with Crippen LogP contribution in [0.25, 0.3) is 0 Å². The van der Waals surface area contributed by atoms with E-state index < -0.39 is 41.8 Å². The van der Waals surface area contributed by atoms with Crippen LogP contribution in [-0.4, -0.2) is 50.1 Å². The van der Waals surface area contributed by atoms with Crippen molar-refractivity contribution in [3.63, 3.8) is 0 Å². The number of phenolic OH excluding ortho intramolecular Hbond substituents is 3. The normalized spacial score (nSPS) is 11.8. The molecule has 18 heavy (non-hydrogen) atoms. The Labute approximate surface area is 101 Å². The van der Waals surface area contributed by atoms with E-state index in [-0.39, 0.29) is 5.56 Å². The van der Waals surface area contributed by atoms with Crippen molar-refractivity contribution in [1.29, 1.82) is 0 Å². The third-order valence-corrected chi connectivity index (χ3v) is 2.12. The summed E-state index contributed by atoms with van der Waals surface area (Å²) in [5.41, 5.74) is -0.262. The zero-order chi connectivity index (χ0) is 13.9. The second kappa shape index (κ2) is 5.23. The maximum atomic E-state index is 11.5. The predicted molar refractivity (Wildman–Crippen MR) is 57.4 cm³/mol. The van der Waals surface area contributed by atoms with Gasteiger partial charge < -0.3 is 30.8 Å². The van der Waals surface area contributed by atoms with Crippen molar-refractivity contribution in [3.8, 4) is 17.2 Å². The lowest BCUT2D eigenvalue weighted by molar-refractivity contribution is -0.140. The number of hydrogen-bond donors (Lipinski definition) is 6. The van der Waals surface area contributed by atoms with Gasteiger partial charge in [0.2, 0.25) is 0 Å². The fourth-order valence-corrected chi connectivity index (χ4v) is 1.16. The molecule has 0 aliphatic rings. The summed E-state index contributed by atoms with van der Waals surface area (Å²) in [5.74, 6) is -4.60. The second-order valence-electron chi connectivity index (χ2n) is 3.41. The molecule has 1 atom stereocenters. The number of aliphatic hydroxyl groups excluding tert-OH is 1. The van der Waals surface area contributed by atoms with Crippen LogP contribution in [0.3, 0.4) is 0 Å². The molecule has 98 valence electrons. The molecule has 0 bridgehead atoms. The monoisotopic (exact) mass is 257 g/mol. The van der Waals surface area contributed by atoms with Gasteiger partial charge in [-0.15, -0.1) is 0 Å². The van der Waals surface area contributed by atoms with E-state index >= 15 is 0 Å². The summed E-state index contributed by atoms with van der Waals surface area (Å²) in [5, 5.41) is 46.7. The summed E-state index contributed by atoms with van der Waals surface area (Å²) in [6.07, 6.45) is 0. The van der Waals surface area contributed by atoms with Crippen molar-refractivity contribution < 1.29 is 35.1 Å². The Morgan fingerprint density at radius 3 is 2.06 bits per heavy atom. The van der Waals surface area contributed by atoms with Crippen LogP contribution in [0, 0.1) is 0 Å². The van der Waals surface area contributed by atoms with E-state index in [1.54, 1.807) is 0 Å². The molecule has 1 amide bonds. The number of aliphatic carboxylic acids is 1. The Bertz CT molecular complexity index is 462. The van der Waals surface area contributed by atoms with E-state index in [1.807, 2.05) is 5.32 Å². The van der Waals surface area contributed by atoms with Crippen LogP contribution in [0.4, 0.5) is 0 Å². The summed E-state index contributed by atoms with van der Waals surface area (Å²) in [6, 6.07) is 0.192. The highest BCUT2D eigenvalue weighted by molar-refractivity contribution is 5.97. The first-order chi connectivity index (χ1) is 8.36. The molecule has 0 spiro atoms. The van der Waals surface area contributed by atoms with Gasteiger partial charge in [-0.1, -0.05) is 0 Å². The zero-order valence-electron chi connectivity index (χ0n) is 8.99. The van der Waals surface area contributed by atoms with Gasteiger partial charge in [0.15, 0.2) is 23.3 Å². The zero-order valence-corrected chi connectivity index (χ0v) is 8.99. The van der Waals surface area contributed by atoms with Crippen molar-refractivity contribution in [2.45, 2.75) is 6.04 Å². The van der Waals surface area contributed by atoms with Gasteiger partial charge in [0, 0.05) is 5.56 Å². The molecule has 0 aromatic heterocycles. The number of hydrogen-bond acceptors (Lipinski definition) is 6. The quantitative estimate of drug-likeness (QED) is 0.378. The number of carbonyl (C=O) groups is 2. The van der Waals surface area contributed by atoms with Crippen LogP contribution >= 0.6 is 0 Å². The summed E-state index contributed by atoms with van der Waals surface area (Å²) in [7, 11) is 0. The number of carbonyl (C=O) groups excluding carboxylic acids is 1. The molecule has 0 aliphatic heterocycles. The van der Waals surface area contributed by atoms with Gasteiger partial charge in [-0.25, -0.2) is 4.79 Å². The summed E-state index contributed by atoms with van der Waals surface area (Å²) in [6.45, 7) is -0.808. The fraction of sp³-hybridized carbons (Fsp3) is 0.200. The standard InChI is InChI=1S/C10H11NO7/c12-3-5(10(17)18)11-9(16)4-1-6(13)8(15)7(14)2-4/h1-2,5,12-15H,3H2,(H,11,16)(H,17,18). The van der Waals surface area contributed by atoms with Crippen LogP contribution in [0.5, 0.6) is 17.2 Å². The van der Waals surface area contributed by atoms with Gasteiger partial charge in [-0.2, -0.15) is 0 Å². The van der Waals surface area contributed by atoms with E-state index in [9.17, 15) is 19.8 Å². The lowest BCUT2D eigenvalue weighted by Gasteiger charge is -2.12. The van der Waals surface area contributed by atoms with Crippen LogP contribution in [0.2, 0.25) is 0 Å². The highest BCUT2D eigenvalue weighted by Crippen LogP contribution is 2.35. The SMILES string of the molecule is O=C(NC(CO)C(=O)O)c1cc(O)c(O)c(O)c1. The number of carboxylic acid groups (broad SMARTS) is 1. The Balaban J connectivity index is 2.94. The van der Waals surface area contributed by atoms with E-state index in [0.29, 0.717) is 0 Å². The van der Waals surface area contributed by atoms with Gasteiger partial charge in [-0.3, -0.25) is 4.79 Å². The molecule has 1 unspecified atom stereocenters. The van der Waals surface area contributed by atoms with Gasteiger partial charge in [0.1, 0.15) is 0 Å². The maximum absolute atomic E-state index is 11.5.